The SMILES string of the molecule is COc1ccc(S(=O)(=O)N(C)C[C@@H]2Oc3ccc(NC(=O)Nc4c(C)noc4C)cc3C(=O)N([C@@H](C)CO)C[C@H]2C)cc1. The summed E-state index contributed by atoms with van der Waals surface area (Å²) in [6, 6.07) is 9.64. The normalized spacial score (nSPS) is 17.9. The Morgan fingerprint density at radius 3 is 2.51 bits per heavy atom. The van der Waals surface area contributed by atoms with E-state index in [9.17, 15) is 23.1 Å². The maximum Gasteiger partial charge on any atom is 0.323 e. The van der Waals surface area contributed by atoms with Crippen molar-refractivity contribution in [2.45, 2.75) is 44.7 Å². The van der Waals surface area contributed by atoms with E-state index >= 15 is 0 Å². The third-order valence-electron chi connectivity index (χ3n) is 7.40. The van der Waals surface area contributed by atoms with Crippen LogP contribution in [0.25, 0.3) is 0 Å². The lowest BCUT2D eigenvalue weighted by Gasteiger charge is -2.38. The van der Waals surface area contributed by atoms with Gasteiger partial charge in [0.1, 0.15) is 29.0 Å². The number of aromatic nitrogens is 1. The molecule has 3 atom stereocenters. The van der Waals surface area contributed by atoms with E-state index in [2.05, 4.69) is 15.8 Å². The van der Waals surface area contributed by atoms with Crippen LogP contribution in [0.1, 0.15) is 35.7 Å². The smallest absolute Gasteiger partial charge is 0.323 e. The van der Waals surface area contributed by atoms with Gasteiger partial charge in [-0.25, -0.2) is 13.2 Å². The topological polar surface area (TPSA) is 164 Å². The standard InChI is InChI=1S/C29H37N5O8S/c1-17-14-34(18(2)16-35)28(36)24-13-21(30-29(37)31-27-19(3)32-42-20(27)4)7-12-25(24)41-26(17)15-33(5)43(38,39)23-10-8-22(40-6)9-11-23/h7-13,17-18,26,35H,14-16H2,1-6H3,(H2,30,31,37)/t17-,18+,26+/m1/s1. The number of carbonyl (C=O) groups excluding carboxylic acids is 2. The van der Waals surface area contributed by atoms with E-state index in [1.54, 1.807) is 45.0 Å². The van der Waals surface area contributed by atoms with Crippen molar-refractivity contribution in [3.05, 3.63) is 59.5 Å². The van der Waals surface area contributed by atoms with Gasteiger partial charge in [-0.3, -0.25) is 4.79 Å². The Balaban J connectivity index is 1.61. The Labute approximate surface area is 250 Å². The van der Waals surface area contributed by atoms with Crippen LogP contribution in [-0.2, 0) is 10.0 Å². The highest BCUT2D eigenvalue weighted by molar-refractivity contribution is 7.89. The molecule has 14 heteroatoms. The summed E-state index contributed by atoms with van der Waals surface area (Å²) in [6.45, 7) is 6.87. The molecule has 1 aliphatic heterocycles. The molecule has 43 heavy (non-hydrogen) atoms. The van der Waals surface area contributed by atoms with Gasteiger partial charge in [-0.1, -0.05) is 12.1 Å². The van der Waals surface area contributed by atoms with E-state index in [1.807, 2.05) is 6.92 Å². The van der Waals surface area contributed by atoms with Crippen molar-refractivity contribution in [1.82, 2.24) is 14.4 Å². The number of ether oxygens (including phenoxy) is 2. The second kappa shape index (κ2) is 13.0. The average Bonchev–Trinajstić information content (AvgIpc) is 3.30. The number of aliphatic hydroxyl groups excluding tert-OH is 1. The lowest BCUT2D eigenvalue weighted by molar-refractivity contribution is 0.0387. The molecule has 3 aromatic rings. The second-order valence-corrected chi connectivity index (χ2v) is 12.6. The Kier molecular flexibility index (Phi) is 9.62. The summed E-state index contributed by atoms with van der Waals surface area (Å²) in [5, 5.41) is 19.1. The zero-order chi connectivity index (χ0) is 31.5. The summed E-state index contributed by atoms with van der Waals surface area (Å²) >= 11 is 0. The van der Waals surface area contributed by atoms with Crippen LogP contribution in [0.3, 0.4) is 0 Å². The lowest BCUT2D eigenvalue weighted by Crippen LogP contribution is -2.50. The Bertz CT molecular complexity index is 1550. The number of urea groups is 1. The number of nitrogens with zero attached hydrogens (tertiary/aromatic N) is 3. The van der Waals surface area contributed by atoms with Gasteiger partial charge in [0.2, 0.25) is 10.0 Å². The van der Waals surface area contributed by atoms with Gasteiger partial charge in [0.05, 0.1) is 36.8 Å². The first-order valence-electron chi connectivity index (χ1n) is 13.7. The van der Waals surface area contributed by atoms with Gasteiger partial charge in [0.25, 0.3) is 5.91 Å². The van der Waals surface area contributed by atoms with Crippen LogP contribution in [0.5, 0.6) is 11.5 Å². The fraction of sp³-hybridized carbons (Fsp3) is 0.414. The molecular formula is C29H37N5O8S. The van der Waals surface area contributed by atoms with Crippen LogP contribution >= 0.6 is 0 Å². The van der Waals surface area contributed by atoms with Gasteiger partial charge in [-0.15, -0.1) is 0 Å². The Hall–Kier alpha value is -4.14. The third-order valence-corrected chi connectivity index (χ3v) is 9.24. The summed E-state index contributed by atoms with van der Waals surface area (Å²) in [4.78, 5) is 28.1. The van der Waals surface area contributed by atoms with Gasteiger partial charge in [-0.2, -0.15) is 4.31 Å². The molecule has 0 bridgehead atoms. The van der Waals surface area contributed by atoms with E-state index in [4.69, 9.17) is 14.0 Å². The summed E-state index contributed by atoms with van der Waals surface area (Å²) < 4.78 is 44.5. The molecule has 2 heterocycles. The molecule has 4 rings (SSSR count). The molecule has 3 amide bonds. The summed E-state index contributed by atoms with van der Waals surface area (Å²) in [5.74, 6) is 0.507. The molecule has 232 valence electrons. The van der Waals surface area contributed by atoms with E-state index in [0.29, 0.717) is 28.6 Å². The number of sulfonamides is 1. The van der Waals surface area contributed by atoms with Crippen LogP contribution in [0.2, 0.25) is 0 Å². The average molecular weight is 616 g/mol. The number of methoxy groups -OCH3 is 1. The molecule has 0 fully saturated rings. The van der Waals surface area contributed by atoms with Crippen LogP contribution in [0, 0.1) is 19.8 Å². The zero-order valence-corrected chi connectivity index (χ0v) is 25.8. The number of fused-ring (bicyclic) bond motifs is 1. The highest BCUT2D eigenvalue weighted by Gasteiger charge is 2.35. The molecule has 0 radical (unpaired) electrons. The highest BCUT2D eigenvalue weighted by atomic mass is 32.2. The van der Waals surface area contributed by atoms with Crippen molar-refractivity contribution < 1.29 is 37.1 Å². The summed E-state index contributed by atoms with van der Waals surface area (Å²) in [6.07, 6.45) is -0.653. The van der Waals surface area contributed by atoms with Crippen molar-refractivity contribution in [3.8, 4) is 11.5 Å². The fourth-order valence-corrected chi connectivity index (χ4v) is 5.92. The minimum Gasteiger partial charge on any atom is -0.497 e. The predicted molar refractivity (Wildman–Crippen MR) is 159 cm³/mol. The van der Waals surface area contributed by atoms with Crippen molar-refractivity contribution in [2.75, 3.05) is 44.5 Å². The maximum absolute atomic E-state index is 13.7. The monoisotopic (exact) mass is 615 g/mol. The molecular weight excluding hydrogens is 578 g/mol. The van der Waals surface area contributed by atoms with Crippen molar-refractivity contribution >= 4 is 33.3 Å². The number of benzene rings is 2. The van der Waals surface area contributed by atoms with Gasteiger partial charge in [-0.05, 0) is 63.2 Å². The second-order valence-electron chi connectivity index (χ2n) is 10.6. The van der Waals surface area contributed by atoms with Gasteiger partial charge >= 0.3 is 6.03 Å². The molecule has 3 N–H and O–H groups in total. The molecule has 1 aromatic heterocycles. The lowest BCUT2D eigenvalue weighted by atomic mass is 9.99. The minimum absolute atomic E-state index is 0.00957. The molecule has 1 aliphatic rings. The van der Waals surface area contributed by atoms with Crippen LogP contribution in [-0.4, -0.2) is 85.8 Å². The molecule has 0 saturated carbocycles. The number of rotatable bonds is 9. The predicted octanol–water partition coefficient (Wildman–Crippen LogP) is 3.48. The third kappa shape index (κ3) is 6.92. The molecule has 0 saturated heterocycles. The number of carbonyl (C=O) groups is 2. The van der Waals surface area contributed by atoms with Gasteiger partial charge < -0.3 is 34.6 Å². The van der Waals surface area contributed by atoms with Crippen molar-refractivity contribution in [2.24, 2.45) is 5.92 Å². The van der Waals surface area contributed by atoms with Crippen molar-refractivity contribution in [3.63, 3.8) is 0 Å². The van der Waals surface area contributed by atoms with Crippen LogP contribution in [0.15, 0.2) is 51.9 Å². The van der Waals surface area contributed by atoms with Crippen molar-refractivity contribution in [1.29, 1.82) is 0 Å². The van der Waals surface area contributed by atoms with E-state index in [1.165, 1.54) is 41.6 Å². The molecule has 2 aromatic carbocycles. The molecule has 0 unspecified atom stereocenters. The van der Waals surface area contributed by atoms with E-state index in [-0.39, 0.29) is 41.8 Å². The number of nitrogens with one attached hydrogen (secondary N) is 2. The van der Waals surface area contributed by atoms with E-state index < -0.39 is 34.1 Å². The molecule has 13 nitrogen and oxygen atoms in total. The van der Waals surface area contributed by atoms with Gasteiger partial charge in [0, 0.05) is 25.2 Å². The fourth-order valence-electron chi connectivity index (χ4n) is 4.73. The first kappa shape index (κ1) is 31.8. The Morgan fingerprint density at radius 1 is 1.21 bits per heavy atom. The first-order valence-corrected chi connectivity index (χ1v) is 15.1. The number of aliphatic hydroxyl groups is 1. The Morgan fingerprint density at radius 2 is 1.91 bits per heavy atom. The minimum atomic E-state index is -3.87. The number of anilines is 2. The number of hydrogen-bond donors (Lipinski definition) is 3. The molecule has 0 spiro atoms. The number of aryl methyl sites for hydroxylation is 2. The van der Waals surface area contributed by atoms with E-state index in [0.717, 1.165) is 0 Å². The number of hydrogen-bond acceptors (Lipinski definition) is 9. The van der Waals surface area contributed by atoms with Gasteiger partial charge in [0.15, 0.2) is 5.76 Å². The first-order chi connectivity index (χ1) is 20.3. The quantitative estimate of drug-likeness (QED) is 0.327. The zero-order valence-electron chi connectivity index (χ0n) is 24.9. The summed E-state index contributed by atoms with van der Waals surface area (Å²) in [5.41, 5.74) is 1.44. The molecule has 0 aliphatic carbocycles. The maximum atomic E-state index is 13.7. The summed E-state index contributed by atoms with van der Waals surface area (Å²) in [7, 11) is -0.894. The largest absolute Gasteiger partial charge is 0.497 e. The number of amides is 3. The highest BCUT2D eigenvalue weighted by Crippen LogP contribution is 2.31. The van der Waals surface area contributed by atoms with Crippen LogP contribution < -0.4 is 20.1 Å². The van der Waals surface area contributed by atoms with Crippen LogP contribution in [0.4, 0.5) is 16.2 Å². The number of likely N-dealkylation sites (N-methyl/N-ethyl adjacent to an activating group) is 1.